The Morgan fingerprint density at radius 1 is 0.956 bits per heavy atom. The van der Waals surface area contributed by atoms with E-state index in [1.807, 2.05) is 42.5 Å². The lowest BCUT2D eigenvalue weighted by Gasteiger charge is -2.37. The third kappa shape index (κ3) is 10.4. The molecule has 1 fully saturated rings. The van der Waals surface area contributed by atoms with E-state index in [1.54, 1.807) is 30.3 Å². The van der Waals surface area contributed by atoms with Gasteiger partial charge in [0, 0.05) is 18.7 Å². The largest absolute Gasteiger partial charge is 0.368 e. The van der Waals surface area contributed by atoms with Gasteiger partial charge >= 0.3 is 7.60 Å². The van der Waals surface area contributed by atoms with Crippen molar-refractivity contribution in [1.29, 1.82) is 0 Å². The molecule has 1 heterocycles. The van der Waals surface area contributed by atoms with E-state index < -0.39 is 64.7 Å². The second-order valence-corrected chi connectivity index (χ2v) is 15.8. The average Bonchev–Trinajstić information content (AvgIpc) is 2.99. The summed E-state index contributed by atoms with van der Waals surface area (Å²) in [6.45, 7) is 0.156. The molecule has 0 radical (unpaired) electrons. The molecule has 3 amide bonds. The average molecular weight is 677 g/mol. The number of carbonyl (C=O) groups is 3. The summed E-state index contributed by atoms with van der Waals surface area (Å²) in [5, 5.41) is 4.68. The molecule has 0 aliphatic carbocycles. The van der Waals surface area contributed by atoms with Crippen molar-refractivity contribution >= 4 is 57.9 Å². The van der Waals surface area contributed by atoms with Crippen LogP contribution in [0.2, 0.25) is 0 Å². The second-order valence-electron chi connectivity index (χ2n) is 11.0. The number of nitrogens with two attached hydrogens (primary N) is 1. The molecule has 6 N–H and O–H groups in total. The van der Waals surface area contributed by atoms with E-state index in [4.69, 9.17) is 5.73 Å². The van der Waals surface area contributed by atoms with Crippen LogP contribution in [0.4, 0.5) is 0 Å². The van der Waals surface area contributed by atoms with Crippen molar-refractivity contribution in [3.8, 4) is 0 Å². The second kappa shape index (κ2) is 15.4. The van der Waals surface area contributed by atoms with Gasteiger partial charge in [-0.2, -0.15) is 0 Å². The lowest BCUT2D eigenvalue weighted by atomic mass is 9.98. The number of likely N-dealkylation sites (tertiary alicyclic amines) is 1. The number of sulfonamides is 1. The zero-order chi connectivity index (χ0) is 32.6. The van der Waals surface area contributed by atoms with Crippen LogP contribution in [-0.4, -0.2) is 76.7 Å². The van der Waals surface area contributed by atoms with Gasteiger partial charge in [-0.15, -0.1) is 11.8 Å². The molecule has 15 heteroatoms. The molecule has 1 aliphatic rings. The lowest BCUT2D eigenvalue weighted by molar-refractivity contribution is -0.143. The Bertz CT molecular complexity index is 1670. The van der Waals surface area contributed by atoms with Crippen molar-refractivity contribution in [1.82, 2.24) is 14.9 Å². The van der Waals surface area contributed by atoms with Crippen LogP contribution < -0.4 is 15.8 Å². The first kappa shape index (κ1) is 34.6. The Labute approximate surface area is 266 Å². The van der Waals surface area contributed by atoms with Crippen molar-refractivity contribution in [3.05, 3.63) is 83.9 Å². The summed E-state index contributed by atoms with van der Waals surface area (Å²) >= 11 is 0.734. The number of rotatable bonds is 14. The molecule has 4 rings (SSSR count). The number of hydrogen-bond donors (Lipinski definition) is 5. The molecule has 12 nitrogen and oxygen atoms in total. The smallest absolute Gasteiger partial charge is 0.335 e. The molecule has 0 bridgehead atoms. The first-order valence-electron chi connectivity index (χ1n) is 14.4. The highest BCUT2D eigenvalue weighted by molar-refractivity contribution is 8.04. The predicted molar refractivity (Wildman–Crippen MR) is 173 cm³/mol. The minimum Gasteiger partial charge on any atom is -0.368 e. The fourth-order valence-corrected chi connectivity index (χ4v) is 8.53. The van der Waals surface area contributed by atoms with Crippen LogP contribution >= 0.6 is 19.4 Å². The highest BCUT2D eigenvalue weighted by Gasteiger charge is 2.38. The fraction of sp³-hybridized carbons (Fsp3) is 0.367. The van der Waals surface area contributed by atoms with Crippen LogP contribution in [0.15, 0.2) is 72.8 Å². The van der Waals surface area contributed by atoms with Gasteiger partial charge in [-0.05, 0) is 41.2 Å². The topological polar surface area (TPSA) is 196 Å². The zero-order valence-electron chi connectivity index (χ0n) is 24.4. The Balaban J connectivity index is 1.51. The van der Waals surface area contributed by atoms with Crippen molar-refractivity contribution in [2.24, 2.45) is 5.73 Å². The number of nitrogens with one attached hydrogen (secondary N) is 2. The molecule has 0 spiro atoms. The number of amides is 3. The van der Waals surface area contributed by atoms with Gasteiger partial charge in [0.1, 0.15) is 18.1 Å². The molecule has 45 heavy (non-hydrogen) atoms. The molecule has 0 saturated carbocycles. The zero-order valence-corrected chi connectivity index (χ0v) is 27.0. The standard InChI is InChI=1S/C30H37N4O8PS2/c31-28(35)25(17-22-13-14-23-10-4-5-11-24(23)16-22)32-29(36)27-12-6-7-15-34(27)30(37)26(18-44-20-43(38,39)40)33-45(41,42)19-21-8-2-1-3-9-21/h1-5,8-11,13-14,16,25-27,33H,6-7,12,15,17-20H2,(H2,31,35)(H,32,36)(H2,38,39,40). The number of hydrogen-bond acceptors (Lipinski definition) is 7. The predicted octanol–water partition coefficient (Wildman–Crippen LogP) is 2.09. The molecular formula is C30H37N4O8PS2. The molecule has 1 saturated heterocycles. The van der Waals surface area contributed by atoms with Crippen LogP contribution in [0.3, 0.4) is 0 Å². The fourth-order valence-electron chi connectivity index (χ4n) is 5.26. The Hall–Kier alpha value is -3.26. The minimum absolute atomic E-state index is 0.132. The van der Waals surface area contributed by atoms with Gasteiger partial charge < -0.3 is 25.7 Å². The highest BCUT2D eigenvalue weighted by Crippen LogP contribution is 2.38. The number of fused-ring (bicyclic) bond motifs is 1. The van der Waals surface area contributed by atoms with Crippen LogP contribution in [0.5, 0.6) is 0 Å². The molecular weight excluding hydrogens is 639 g/mol. The number of nitrogens with zero attached hydrogens (tertiary/aromatic N) is 1. The molecule has 3 aromatic rings. The minimum atomic E-state index is -4.43. The van der Waals surface area contributed by atoms with Crippen LogP contribution in [-0.2, 0) is 41.1 Å². The maximum absolute atomic E-state index is 13.9. The SMILES string of the molecule is NC(=O)C(Cc1ccc2ccccc2c1)NC(=O)C1CCCCN1C(=O)C(CSCP(=O)(O)O)NS(=O)(=O)Cc1ccccc1. The van der Waals surface area contributed by atoms with Gasteiger partial charge in [-0.25, -0.2) is 13.1 Å². The van der Waals surface area contributed by atoms with Crippen molar-refractivity contribution in [3.63, 3.8) is 0 Å². The van der Waals surface area contributed by atoms with E-state index in [0.29, 0.717) is 18.4 Å². The Kier molecular flexibility index (Phi) is 11.8. The first-order chi connectivity index (χ1) is 21.3. The summed E-state index contributed by atoms with van der Waals surface area (Å²) in [5.41, 5.74) is 6.31. The quantitative estimate of drug-likeness (QED) is 0.159. The van der Waals surface area contributed by atoms with Gasteiger partial charge in [0.2, 0.25) is 27.7 Å². The number of benzene rings is 3. The molecule has 3 aromatic carbocycles. The molecule has 1 aliphatic heterocycles. The van der Waals surface area contributed by atoms with Crippen LogP contribution in [0, 0.1) is 0 Å². The summed E-state index contributed by atoms with van der Waals surface area (Å²) in [7, 11) is -8.50. The third-order valence-corrected chi connectivity index (χ3v) is 11.4. The summed E-state index contributed by atoms with van der Waals surface area (Å²) in [6, 6.07) is 18.3. The van der Waals surface area contributed by atoms with Gasteiger partial charge in [0.25, 0.3) is 0 Å². The number of carbonyl (C=O) groups excluding carboxylic acids is 3. The number of thioether (sulfide) groups is 1. The maximum atomic E-state index is 13.9. The van der Waals surface area contributed by atoms with E-state index >= 15 is 0 Å². The van der Waals surface area contributed by atoms with Crippen molar-refractivity contribution in [2.45, 2.75) is 49.6 Å². The third-order valence-electron chi connectivity index (χ3n) is 7.37. The van der Waals surface area contributed by atoms with Gasteiger partial charge in [-0.3, -0.25) is 18.9 Å². The van der Waals surface area contributed by atoms with E-state index in [0.717, 1.165) is 28.1 Å². The monoisotopic (exact) mass is 676 g/mol. The van der Waals surface area contributed by atoms with E-state index in [1.165, 1.54) is 4.90 Å². The molecule has 242 valence electrons. The summed E-state index contributed by atoms with van der Waals surface area (Å²) in [5.74, 6) is -2.73. The summed E-state index contributed by atoms with van der Waals surface area (Å²) < 4.78 is 40.0. The van der Waals surface area contributed by atoms with E-state index in [2.05, 4.69) is 10.0 Å². The Morgan fingerprint density at radius 2 is 1.64 bits per heavy atom. The summed E-state index contributed by atoms with van der Waals surface area (Å²) in [6.07, 6.45) is 1.59. The van der Waals surface area contributed by atoms with E-state index in [-0.39, 0.29) is 25.1 Å². The maximum Gasteiger partial charge on any atom is 0.335 e. The van der Waals surface area contributed by atoms with Crippen LogP contribution in [0.25, 0.3) is 10.8 Å². The molecule has 0 aromatic heterocycles. The van der Waals surface area contributed by atoms with Gasteiger partial charge in [0.05, 0.1) is 11.2 Å². The van der Waals surface area contributed by atoms with Crippen molar-refractivity contribution in [2.75, 3.05) is 17.8 Å². The van der Waals surface area contributed by atoms with E-state index in [9.17, 15) is 37.2 Å². The lowest BCUT2D eigenvalue weighted by Crippen LogP contribution is -2.60. The molecule has 3 unspecified atom stereocenters. The normalized spacial score (nSPS) is 17.0. The number of primary amides is 1. The first-order valence-corrected chi connectivity index (χ1v) is 19.0. The van der Waals surface area contributed by atoms with Gasteiger partial charge in [0.15, 0.2) is 0 Å². The Morgan fingerprint density at radius 3 is 2.33 bits per heavy atom. The highest BCUT2D eigenvalue weighted by atomic mass is 32.2. The number of piperidine rings is 1. The molecule has 3 atom stereocenters. The van der Waals surface area contributed by atoms with Gasteiger partial charge in [-0.1, -0.05) is 72.8 Å². The van der Waals surface area contributed by atoms with Crippen molar-refractivity contribution < 1.29 is 37.2 Å². The summed E-state index contributed by atoms with van der Waals surface area (Å²) in [4.78, 5) is 59.7. The van der Waals surface area contributed by atoms with Crippen LogP contribution in [0.1, 0.15) is 30.4 Å².